The van der Waals surface area contributed by atoms with E-state index < -0.39 is 0 Å². The minimum absolute atomic E-state index is 0.570. The van der Waals surface area contributed by atoms with Gasteiger partial charge in [-0.15, -0.1) is 0 Å². The van der Waals surface area contributed by atoms with Crippen molar-refractivity contribution in [1.29, 1.82) is 0 Å². The van der Waals surface area contributed by atoms with Gasteiger partial charge in [0.2, 0.25) is 0 Å². The van der Waals surface area contributed by atoms with Crippen LogP contribution in [0.3, 0.4) is 0 Å². The van der Waals surface area contributed by atoms with Gasteiger partial charge in [0.1, 0.15) is 0 Å². The Hall–Kier alpha value is -1.09. The van der Waals surface area contributed by atoms with Crippen LogP contribution in [0.25, 0.3) is 0 Å². The van der Waals surface area contributed by atoms with Gasteiger partial charge in [-0.25, -0.2) is 0 Å². The van der Waals surface area contributed by atoms with Crippen LogP contribution in [0.1, 0.15) is 49.6 Å². The quantitative estimate of drug-likeness (QED) is 0.908. The lowest BCUT2D eigenvalue weighted by Gasteiger charge is -2.37. The first-order valence-corrected chi connectivity index (χ1v) is 7.43. The largest absolute Gasteiger partial charge is 0.371 e. The molecule has 2 rings (SSSR count). The minimum Gasteiger partial charge on any atom is -0.371 e. The molecule has 1 aliphatic rings. The van der Waals surface area contributed by atoms with E-state index >= 15 is 0 Å². The van der Waals surface area contributed by atoms with Crippen molar-refractivity contribution >= 4 is 5.69 Å². The number of aromatic nitrogens is 1. The number of hydrogen-bond acceptors (Lipinski definition) is 3. The number of nitrogens with zero attached hydrogens (tertiary/aromatic N) is 2. The molecule has 0 bridgehead atoms. The maximum Gasteiger partial charge on any atom is 0.0448 e. The number of anilines is 1. The van der Waals surface area contributed by atoms with Gasteiger partial charge in [-0.1, -0.05) is 19.8 Å². The zero-order valence-corrected chi connectivity index (χ0v) is 12.7. The molecule has 2 N–H and O–H groups in total. The molecule has 1 heterocycles. The summed E-state index contributed by atoms with van der Waals surface area (Å²) in [5.41, 5.74) is 10.6. The van der Waals surface area contributed by atoms with Crippen molar-refractivity contribution < 1.29 is 0 Å². The fourth-order valence-electron chi connectivity index (χ4n) is 3.35. The second-order valence-corrected chi connectivity index (χ2v) is 6.09. The topological polar surface area (TPSA) is 42.1 Å². The van der Waals surface area contributed by atoms with E-state index in [0.717, 1.165) is 17.3 Å². The van der Waals surface area contributed by atoms with Gasteiger partial charge in [-0.3, -0.25) is 4.98 Å². The second-order valence-electron chi connectivity index (χ2n) is 6.09. The molecule has 0 aromatic carbocycles. The molecular weight excluding hydrogens is 234 g/mol. The van der Waals surface area contributed by atoms with E-state index in [1.165, 1.54) is 36.9 Å². The van der Waals surface area contributed by atoms with E-state index in [-0.39, 0.29) is 0 Å². The number of pyridine rings is 1. The summed E-state index contributed by atoms with van der Waals surface area (Å²) in [6.07, 6.45) is 5.31. The minimum atomic E-state index is 0.570. The van der Waals surface area contributed by atoms with Crippen LogP contribution in [0, 0.1) is 19.8 Å². The normalized spacial score (nSPS) is 23.4. The molecule has 2 atom stereocenters. The first-order valence-electron chi connectivity index (χ1n) is 7.43. The third-order valence-electron chi connectivity index (χ3n) is 4.48. The van der Waals surface area contributed by atoms with Gasteiger partial charge < -0.3 is 10.6 Å². The van der Waals surface area contributed by atoms with Crippen molar-refractivity contribution in [3.63, 3.8) is 0 Å². The zero-order valence-electron chi connectivity index (χ0n) is 12.7. The van der Waals surface area contributed by atoms with E-state index in [0.29, 0.717) is 12.6 Å². The first-order chi connectivity index (χ1) is 9.02. The molecule has 3 heteroatoms. The Bertz CT molecular complexity index is 442. The fourth-order valence-corrected chi connectivity index (χ4v) is 3.35. The van der Waals surface area contributed by atoms with Gasteiger partial charge in [-0.05, 0) is 38.7 Å². The lowest BCUT2D eigenvalue weighted by molar-refractivity contribution is 0.336. The van der Waals surface area contributed by atoms with Crippen molar-refractivity contribution in [2.75, 3.05) is 11.9 Å². The summed E-state index contributed by atoms with van der Waals surface area (Å²) < 4.78 is 0. The summed E-state index contributed by atoms with van der Waals surface area (Å²) >= 11 is 0. The fraction of sp³-hybridized carbons (Fsp3) is 0.688. The lowest BCUT2D eigenvalue weighted by Crippen LogP contribution is -2.36. The monoisotopic (exact) mass is 261 g/mol. The molecule has 0 spiro atoms. The average molecular weight is 261 g/mol. The van der Waals surface area contributed by atoms with Crippen molar-refractivity contribution in [1.82, 2.24) is 4.98 Å². The highest BCUT2D eigenvalue weighted by atomic mass is 15.1. The van der Waals surface area contributed by atoms with Crippen LogP contribution in [0.2, 0.25) is 0 Å². The third-order valence-corrected chi connectivity index (χ3v) is 4.48. The number of hydrogen-bond donors (Lipinski definition) is 1. The molecule has 3 nitrogen and oxygen atoms in total. The summed E-state index contributed by atoms with van der Waals surface area (Å²) in [6, 6.07) is 2.84. The molecule has 19 heavy (non-hydrogen) atoms. The van der Waals surface area contributed by atoms with Crippen molar-refractivity contribution in [3.05, 3.63) is 23.0 Å². The van der Waals surface area contributed by atoms with E-state index in [9.17, 15) is 0 Å². The molecule has 2 unspecified atom stereocenters. The summed E-state index contributed by atoms with van der Waals surface area (Å²) in [4.78, 5) is 6.98. The average Bonchev–Trinajstić information content (AvgIpc) is 2.37. The highest BCUT2D eigenvalue weighted by Crippen LogP contribution is 2.32. The Morgan fingerprint density at radius 1 is 1.37 bits per heavy atom. The third kappa shape index (κ3) is 3.08. The highest BCUT2D eigenvalue weighted by molar-refractivity contribution is 5.56. The van der Waals surface area contributed by atoms with Gasteiger partial charge in [0, 0.05) is 42.3 Å². The smallest absolute Gasteiger partial charge is 0.0448 e. The Morgan fingerprint density at radius 2 is 2.11 bits per heavy atom. The molecule has 1 aromatic rings. The molecule has 1 aliphatic carbocycles. The van der Waals surface area contributed by atoms with E-state index in [1.807, 2.05) is 0 Å². The van der Waals surface area contributed by atoms with Crippen molar-refractivity contribution in [3.8, 4) is 0 Å². The molecule has 1 saturated carbocycles. The highest BCUT2D eigenvalue weighted by Gasteiger charge is 2.24. The van der Waals surface area contributed by atoms with Crippen LogP contribution in [-0.4, -0.2) is 18.1 Å². The molecule has 1 fully saturated rings. The summed E-state index contributed by atoms with van der Waals surface area (Å²) in [5.74, 6) is 0.839. The molecule has 1 aromatic heterocycles. The van der Waals surface area contributed by atoms with Crippen LogP contribution in [0.5, 0.6) is 0 Å². The molecule has 0 saturated heterocycles. The first kappa shape index (κ1) is 14.3. The zero-order chi connectivity index (χ0) is 14.0. The summed E-state index contributed by atoms with van der Waals surface area (Å²) in [5, 5.41) is 0. The summed E-state index contributed by atoms with van der Waals surface area (Å²) in [7, 11) is 2.22. The van der Waals surface area contributed by atoms with Crippen LogP contribution < -0.4 is 10.6 Å². The van der Waals surface area contributed by atoms with Crippen LogP contribution in [-0.2, 0) is 6.54 Å². The molecule has 0 radical (unpaired) electrons. The Morgan fingerprint density at radius 3 is 2.74 bits per heavy atom. The van der Waals surface area contributed by atoms with Crippen LogP contribution in [0.15, 0.2) is 6.07 Å². The van der Waals surface area contributed by atoms with Gasteiger partial charge in [0.15, 0.2) is 0 Å². The van der Waals surface area contributed by atoms with Gasteiger partial charge in [-0.2, -0.15) is 0 Å². The van der Waals surface area contributed by atoms with E-state index in [1.54, 1.807) is 0 Å². The molecule has 106 valence electrons. The van der Waals surface area contributed by atoms with Gasteiger partial charge >= 0.3 is 0 Å². The van der Waals surface area contributed by atoms with E-state index in [4.69, 9.17) is 5.73 Å². The Labute approximate surface area is 117 Å². The predicted octanol–water partition coefficient (Wildman–Crippen LogP) is 3.17. The van der Waals surface area contributed by atoms with Gasteiger partial charge in [0.05, 0.1) is 0 Å². The van der Waals surface area contributed by atoms with Crippen LogP contribution >= 0.6 is 0 Å². The number of rotatable bonds is 3. The number of nitrogens with two attached hydrogens (primary N) is 1. The second kappa shape index (κ2) is 5.91. The Kier molecular flexibility index (Phi) is 4.46. The van der Waals surface area contributed by atoms with Crippen molar-refractivity contribution in [2.45, 2.75) is 59.0 Å². The maximum atomic E-state index is 5.93. The van der Waals surface area contributed by atoms with Crippen molar-refractivity contribution in [2.24, 2.45) is 11.7 Å². The van der Waals surface area contributed by atoms with E-state index in [2.05, 4.69) is 43.8 Å². The lowest BCUT2D eigenvalue weighted by atomic mass is 9.86. The predicted molar refractivity (Wildman–Crippen MR) is 81.4 cm³/mol. The van der Waals surface area contributed by atoms with Gasteiger partial charge in [0.25, 0.3) is 0 Å². The Balaban J connectivity index is 2.29. The molecule has 0 aliphatic heterocycles. The molecular formula is C16H27N3. The maximum absolute atomic E-state index is 5.93. The molecule has 0 amide bonds. The SMILES string of the molecule is Cc1cc(N(C)C2CCCC(C)C2)c(CN)c(C)n1. The number of aryl methyl sites for hydroxylation is 2. The standard InChI is InChI=1S/C16H27N3/c1-11-6-5-7-14(8-11)19(4)16-9-12(2)18-13(3)15(16)10-17/h9,11,14H,5-8,10,17H2,1-4H3. The van der Waals surface area contributed by atoms with Crippen LogP contribution in [0.4, 0.5) is 5.69 Å². The summed E-state index contributed by atoms with van der Waals surface area (Å²) in [6.45, 7) is 7.07.